The smallest absolute Gasteiger partial charge is 0.124 e. The lowest BCUT2D eigenvalue weighted by molar-refractivity contribution is -0.0678. The minimum atomic E-state index is -0.969. The van der Waals surface area contributed by atoms with Crippen LogP contribution in [-0.2, 0) is 10.3 Å². The minimum absolute atomic E-state index is 0.277. The molecule has 15 heavy (non-hydrogen) atoms. The standard InChI is InChI=1S/C11H12ClFO2/c12-10-7-8(13)1-2-9(10)11(14)3-5-15-6-4-11/h1-2,7,14H,3-6H2. The summed E-state index contributed by atoms with van der Waals surface area (Å²) in [6, 6.07) is 4.09. The average molecular weight is 231 g/mol. The normalized spacial score (nSPS) is 20.2. The molecule has 1 aromatic carbocycles. The largest absolute Gasteiger partial charge is 0.385 e. The molecule has 0 amide bonds. The van der Waals surface area contributed by atoms with Crippen molar-refractivity contribution in [2.45, 2.75) is 18.4 Å². The van der Waals surface area contributed by atoms with Crippen LogP contribution in [0.15, 0.2) is 18.2 Å². The van der Waals surface area contributed by atoms with Crippen LogP contribution in [0.1, 0.15) is 18.4 Å². The summed E-state index contributed by atoms with van der Waals surface area (Å²) < 4.78 is 18.0. The van der Waals surface area contributed by atoms with Gasteiger partial charge in [-0.1, -0.05) is 17.7 Å². The van der Waals surface area contributed by atoms with E-state index in [2.05, 4.69) is 0 Å². The zero-order chi connectivity index (χ0) is 10.9. The maximum absolute atomic E-state index is 12.8. The van der Waals surface area contributed by atoms with Gasteiger partial charge in [-0.05, 0) is 12.1 Å². The van der Waals surface area contributed by atoms with Crippen LogP contribution in [0.2, 0.25) is 5.02 Å². The van der Waals surface area contributed by atoms with Crippen molar-refractivity contribution in [2.75, 3.05) is 13.2 Å². The van der Waals surface area contributed by atoms with Crippen LogP contribution in [-0.4, -0.2) is 18.3 Å². The number of benzene rings is 1. The fourth-order valence-corrected chi connectivity index (χ4v) is 2.19. The molecule has 0 spiro atoms. The van der Waals surface area contributed by atoms with E-state index in [9.17, 15) is 9.50 Å². The average Bonchev–Trinajstić information content (AvgIpc) is 2.18. The molecule has 1 fully saturated rings. The van der Waals surface area contributed by atoms with Crippen molar-refractivity contribution in [1.82, 2.24) is 0 Å². The highest BCUT2D eigenvalue weighted by molar-refractivity contribution is 6.31. The van der Waals surface area contributed by atoms with Crippen LogP contribution in [0.25, 0.3) is 0 Å². The van der Waals surface area contributed by atoms with Crippen molar-refractivity contribution in [3.05, 3.63) is 34.6 Å². The van der Waals surface area contributed by atoms with Crippen molar-refractivity contribution < 1.29 is 14.2 Å². The molecule has 0 atom stereocenters. The summed E-state index contributed by atoms with van der Waals surface area (Å²) in [5, 5.41) is 10.6. The molecule has 0 aromatic heterocycles. The summed E-state index contributed by atoms with van der Waals surface area (Å²) in [6.45, 7) is 1.01. The zero-order valence-corrected chi connectivity index (χ0v) is 8.93. The van der Waals surface area contributed by atoms with Gasteiger partial charge in [-0.3, -0.25) is 0 Å². The van der Waals surface area contributed by atoms with Gasteiger partial charge in [0, 0.05) is 36.6 Å². The number of ether oxygens (including phenoxy) is 1. The van der Waals surface area contributed by atoms with E-state index in [4.69, 9.17) is 16.3 Å². The van der Waals surface area contributed by atoms with Gasteiger partial charge in [0.25, 0.3) is 0 Å². The molecule has 0 saturated carbocycles. The Morgan fingerprint density at radius 3 is 2.60 bits per heavy atom. The Bertz CT molecular complexity index is 362. The molecule has 1 aliphatic rings. The fourth-order valence-electron chi connectivity index (χ4n) is 1.85. The molecule has 2 rings (SSSR count). The molecule has 0 radical (unpaired) electrons. The molecule has 0 unspecified atom stereocenters. The molecule has 0 bridgehead atoms. The van der Waals surface area contributed by atoms with E-state index in [0.717, 1.165) is 0 Å². The fraction of sp³-hybridized carbons (Fsp3) is 0.455. The third kappa shape index (κ3) is 2.14. The first kappa shape index (κ1) is 10.9. The van der Waals surface area contributed by atoms with Gasteiger partial charge in [-0.2, -0.15) is 0 Å². The van der Waals surface area contributed by atoms with E-state index < -0.39 is 5.60 Å². The second-order valence-corrected chi connectivity index (χ2v) is 4.18. The molecule has 1 heterocycles. The second-order valence-electron chi connectivity index (χ2n) is 3.77. The van der Waals surface area contributed by atoms with Crippen LogP contribution in [0.4, 0.5) is 4.39 Å². The molecule has 82 valence electrons. The summed E-state index contributed by atoms with van der Waals surface area (Å²) in [6.07, 6.45) is 0.997. The lowest BCUT2D eigenvalue weighted by Crippen LogP contribution is -2.33. The third-order valence-corrected chi connectivity index (χ3v) is 3.07. The Labute approximate surface area is 92.6 Å². The maximum atomic E-state index is 12.8. The molecule has 1 N–H and O–H groups in total. The highest BCUT2D eigenvalue weighted by Gasteiger charge is 2.33. The van der Waals surface area contributed by atoms with E-state index in [1.165, 1.54) is 12.1 Å². The van der Waals surface area contributed by atoms with E-state index in [-0.39, 0.29) is 10.8 Å². The van der Waals surface area contributed by atoms with Gasteiger partial charge >= 0.3 is 0 Å². The van der Waals surface area contributed by atoms with Gasteiger partial charge in [0.15, 0.2) is 0 Å². The quantitative estimate of drug-likeness (QED) is 0.803. The Balaban J connectivity index is 2.35. The Kier molecular flexibility index (Phi) is 2.96. The number of hydrogen-bond donors (Lipinski definition) is 1. The minimum Gasteiger partial charge on any atom is -0.385 e. The van der Waals surface area contributed by atoms with Crippen molar-refractivity contribution >= 4 is 11.6 Å². The monoisotopic (exact) mass is 230 g/mol. The zero-order valence-electron chi connectivity index (χ0n) is 8.17. The number of hydrogen-bond acceptors (Lipinski definition) is 2. The van der Waals surface area contributed by atoms with Crippen molar-refractivity contribution in [1.29, 1.82) is 0 Å². The van der Waals surface area contributed by atoms with Crippen LogP contribution in [0.3, 0.4) is 0 Å². The van der Waals surface area contributed by atoms with Crippen LogP contribution in [0, 0.1) is 5.82 Å². The lowest BCUT2D eigenvalue weighted by Gasteiger charge is -2.33. The Hall–Kier alpha value is -0.640. The first-order valence-corrected chi connectivity index (χ1v) is 5.25. The predicted octanol–water partition coefficient (Wildman–Crippen LogP) is 2.48. The van der Waals surface area contributed by atoms with Gasteiger partial charge in [0.05, 0.1) is 5.60 Å². The van der Waals surface area contributed by atoms with Gasteiger partial charge < -0.3 is 9.84 Å². The van der Waals surface area contributed by atoms with Gasteiger partial charge in [-0.25, -0.2) is 4.39 Å². The number of halogens is 2. The van der Waals surface area contributed by atoms with Gasteiger partial charge in [-0.15, -0.1) is 0 Å². The molecule has 2 nitrogen and oxygen atoms in total. The van der Waals surface area contributed by atoms with Crippen LogP contribution >= 0.6 is 11.6 Å². The van der Waals surface area contributed by atoms with E-state index in [1.54, 1.807) is 6.07 Å². The number of rotatable bonds is 1. The van der Waals surface area contributed by atoms with Crippen molar-refractivity contribution in [2.24, 2.45) is 0 Å². The Morgan fingerprint density at radius 2 is 2.00 bits per heavy atom. The molecule has 1 aromatic rings. The summed E-state index contributed by atoms with van der Waals surface area (Å²) in [7, 11) is 0. The molecule has 1 saturated heterocycles. The molecular formula is C11H12ClFO2. The third-order valence-electron chi connectivity index (χ3n) is 2.75. The lowest BCUT2D eigenvalue weighted by atomic mass is 9.86. The van der Waals surface area contributed by atoms with Crippen LogP contribution in [0.5, 0.6) is 0 Å². The van der Waals surface area contributed by atoms with Gasteiger partial charge in [0.2, 0.25) is 0 Å². The Morgan fingerprint density at radius 1 is 1.33 bits per heavy atom. The number of aliphatic hydroxyl groups is 1. The molecule has 4 heteroatoms. The first-order chi connectivity index (χ1) is 7.12. The van der Waals surface area contributed by atoms with Crippen molar-refractivity contribution in [3.8, 4) is 0 Å². The van der Waals surface area contributed by atoms with Crippen LogP contribution < -0.4 is 0 Å². The highest BCUT2D eigenvalue weighted by Crippen LogP contribution is 2.36. The summed E-state index contributed by atoms with van der Waals surface area (Å²) in [5.74, 6) is -0.389. The summed E-state index contributed by atoms with van der Waals surface area (Å²) >= 11 is 5.91. The van der Waals surface area contributed by atoms with E-state index in [1.807, 2.05) is 0 Å². The molecular weight excluding hydrogens is 219 g/mol. The second kappa shape index (κ2) is 4.08. The van der Waals surface area contributed by atoms with E-state index >= 15 is 0 Å². The molecule has 1 aliphatic heterocycles. The predicted molar refractivity (Wildman–Crippen MR) is 55.4 cm³/mol. The first-order valence-electron chi connectivity index (χ1n) is 4.87. The van der Waals surface area contributed by atoms with Gasteiger partial charge in [0.1, 0.15) is 5.82 Å². The maximum Gasteiger partial charge on any atom is 0.124 e. The van der Waals surface area contributed by atoms with Crippen molar-refractivity contribution in [3.63, 3.8) is 0 Å². The topological polar surface area (TPSA) is 29.5 Å². The SMILES string of the molecule is OC1(c2ccc(F)cc2Cl)CCOCC1. The highest BCUT2D eigenvalue weighted by atomic mass is 35.5. The van der Waals surface area contributed by atoms with E-state index in [0.29, 0.717) is 31.6 Å². The summed E-state index contributed by atoms with van der Waals surface area (Å²) in [5.41, 5.74) is -0.378. The summed E-state index contributed by atoms with van der Waals surface area (Å²) in [4.78, 5) is 0. The molecule has 0 aliphatic carbocycles.